The van der Waals surface area contributed by atoms with E-state index >= 15 is 0 Å². The van der Waals surface area contributed by atoms with Gasteiger partial charge in [0, 0.05) is 5.56 Å². The number of nitrogens with one attached hydrogen (secondary N) is 1. The van der Waals surface area contributed by atoms with Gasteiger partial charge in [0.05, 0.1) is 4.47 Å². The molecule has 92 valence electrons. The lowest BCUT2D eigenvalue weighted by Gasteiger charge is -2.05. The minimum Gasteiger partial charge on any atom is -0.307 e. The summed E-state index contributed by atoms with van der Waals surface area (Å²) in [5.74, 6) is -0.631. The molecule has 1 aromatic carbocycles. The molecule has 0 saturated carbocycles. The quantitative estimate of drug-likeness (QED) is 0.849. The van der Waals surface area contributed by atoms with Crippen LogP contribution in [0, 0.1) is 5.82 Å². The van der Waals surface area contributed by atoms with Crippen molar-refractivity contribution in [2.75, 3.05) is 5.32 Å². The first-order chi connectivity index (χ1) is 8.56. The number of pyridine rings is 1. The second kappa shape index (κ2) is 5.46. The Morgan fingerprint density at radius 3 is 2.78 bits per heavy atom. The molecule has 0 unspecified atom stereocenters. The lowest BCUT2D eigenvalue weighted by Crippen LogP contribution is -2.13. The molecule has 0 atom stereocenters. The molecule has 0 saturated heterocycles. The fourth-order valence-electron chi connectivity index (χ4n) is 1.30. The number of carbonyl (C=O) groups excluding carboxylic acids is 1. The highest BCUT2D eigenvalue weighted by atomic mass is 79.9. The molecule has 1 heterocycles. The normalized spacial score (nSPS) is 10.2. The van der Waals surface area contributed by atoms with Crippen molar-refractivity contribution in [3.8, 4) is 0 Å². The summed E-state index contributed by atoms with van der Waals surface area (Å²) in [5, 5.41) is 2.80. The van der Waals surface area contributed by atoms with Gasteiger partial charge in [0.25, 0.3) is 5.91 Å². The second-order valence-electron chi connectivity index (χ2n) is 3.43. The monoisotopic (exact) mass is 328 g/mol. The predicted molar refractivity (Wildman–Crippen MR) is 71.3 cm³/mol. The molecule has 0 radical (unpaired) electrons. The Kier molecular flexibility index (Phi) is 3.93. The van der Waals surface area contributed by atoms with Crippen molar-refractivity contribution in [1.29, 1.82) is 0 Å². The number of carbonyl (C=O) groups is 1. The maximum absolute atomic E-state index is 13.3. The summed E-state index contributed by atoms with van der Waals surface area (Å²) in [6.07, 6.45) is 0. The molecule has 6 heteroatoms. The molecule has 0 aliphatic rings. The van der Waals surface area contributed by atoms with Crippen LogP contribution in [0.15, 0.2) is 40.9 Å². The maximum atomic E-state index is 13.3. The second-order valence-corrected chi connectivity index (χ2v) is 4.67. The van der Waals surface area contributed by atoms with Gasteiger partial charge in [-0.15, -0.1) is 0 Å². The predicted octanol–water partition coefficient (Wildman–Crippen LogP) is 3.89. The third-order valence-corrected chi connectivity index (χ3v) is 2.99. The summed E-state index contributed by atoms with van der Waals surface area (Å²) in [5.41, 5.74) is 0.206. The molecule has 0 bridgehead atoms. The molecule has 1 N–H and O–H groups in total. The van der Waals surface area contributed by atoms with Crippen LogP contribution in [0.2, 0.25) is 5.15 Å². The summed E-state index contributed by atoms with van der Waals surface area (Å²) in [6.45, 7) is 0. The van der Waals surface area contributed by atoms with Crippen molar-refractivity contribution in [2.45, 2.75) is 0 Å². The largest absolute Gasteiger partial charge is 0.307 e. The number of rotatable bonds is 2. The molecule has 1 aromatic heterocycles. The third-order valence-electron chi connectivity index (χ3n) is 2.14. The van der Waals surface area contributed by atoms with Gasteiger partial charge in [0.1, 0.15) is 16.8 Å². The number of benzene rings is 1. The Hall–Kier alpha value is -1.46. The molecule has 0 spiro atoms. The Bertz CT molecular complexity index is 606. The van der Waals surface area contributed by atoms with Gasteiger partial charge < -0.3 is 5.32 Å². The van der Waals surface area contributed by atoms with Crippen molar-refractivity contribution >= 4 is 39.3 Å². The zero-order valence-electron chi connectivity index (χ0n) is 8.95. The molecule has 0 fully saturated rings. The van der Waals surface area contributed by atoms with E-state index in [2.05, 4.69) is 26.2 Å². The molecule has 2 rings (SSSR count). The first-order valence-corrected chi connectivity index (χ1v) is 6.12. The summed E-state index contributed by atoms with van der Waals surface area (Å²) >= 11 is 8.71. The van der Waals surface area contributed by atoms with Crippen LogP contribution in [-0.2, 0) is 0 Å². The molecule has 0 aliphatic heterocycles. The first kappa shape index (κ1) is 13.0. The van der Waals surface area contributed by atoms with Gasteiger partial charge in [-0.1, -0.05) is 17.7 Å². The summed E-state index contributed by atoms with van der Waals surface area (Å²) in [4.78, 5) is 15.7. The van der Waals surface area contributed by atoms with Gasteiger partial charge in [-0.2, -0.15) is 0 Å². The fourth-order valence-corrected chi connectivity index (χ4v) is 1.71. The average Bonchev–Trinajstić information content (AvgIpc) is 2.32. The highest BCUT2D eigenvalue weighted by molar-refractivity contribution is 9.10. The van der Waals surface area contributed by atoms with Gasteiger partial charge >= 0.3 is 0 Å². The average molecular weight is 330 g/mol. The smallest absolute Gasteiger partial charge is 0.256 e. The van der Waals surface area contributed by atoms with Gasteiger partial charge in [-0.25, -0.2) is 9.37 Å². The van der Waals surface area contributed by atoms with Crippen LogP contribution in [0.3, 0.4) is 0 Å². The molecular weight excluding hydrogens is 322 g/mol. The lowest BCUT2D eigenvalue weighted by atomic mass is 10.2. The lowest BCUT2D eigenvalue weighted by molar-refractivity contribution is 0.102. The van der Waals surface area contributed by atoms with Crippen LogP contribution in [0.5, 0.6) is 0 Å². The molecular formula is C12H7BrClFN2O. The van der Waals surface area contributed by atoms with Crippen LogP contribution in [-0.4, -0.2) is 10.9 Å². The minimum absolute atomic E-state index is 0.206. The van der Waals surface area contributed by atoms with E-state index in [0.717, 1.165) is 6.07 Å². The Morgan fingerprint density at radius 2 is 2.11 bits per heavy atom. The van der Waals surface area contributed by atoms with Crippen LogP contribution in [0.4, 0.5) is 10.2 Å². The Labute approximate surface area is 116 Å². The van der Waals surface area contributed by atoms with E-state index in [1.54, 1.807) is 18.2 Å². The highest BCUT2D eigenvalue weighted by Crippen LogP contribution is 2.17. The molecule has 0 aliphatic carbocycles. The number of aromatic nitrogens is 1. The molecule has 18 heavy (non-hydrogen) atoms. The zero-order chi connectivity index (χ0) is 13.1. The summed E-state index contributed by atoms with van der Waals surface area (Å²) < 4.78 is 13.6. The Morgan fingerprint density at radius 1 is 1.33 bits per heavy atom. The number of hydrogen-bond donors (Lipinski definition) is 1. The topological polar surface area (TPSA) is 42.0 Å². The SMILES string of the molecule is O=C(Nc1cccc(Cl)n1)c1ccc(Br)c(F)c1. The van der Waals surface area contributed by atoms with E-state index in [4.69, 9.17) is 11.6 Å². The van der Waals surface area contributed by atoms with E-state index in [1.165, 1.54) is 12.1 Å². The number of nitrogens with zero attached hydrogens (tertiary/aromatic N) is 1. The van der Waals surface area contributed by atoms with Crippen LogP contribution >= 0.6 is 27.5 Å². The van der Waals surface area contributed by atoms with Crippen molar-refractivity contribution < 1.29 is 9.18 Å². The van der Waals surface area contributed by atoms with Gasteiger partial charge in [-0.05, 0) is 46.3 Å². The van der Waals surface area contributed by atoms with Crippen molar-refractivity contribution in [3.63, 3.8) is 0 Å². The number of anilines is 1. The fraction of sp³-hybridized carbons (Fsp3) is 0. The van der Waals surface area contributed by atoms with Crippen LogP contribution in [0.25, 0.3) is 0 Å². The summed E-state index contributed by atoms with van der Waals surface area (Å²) in [6, 6.07) is 8.97. The third kappa shape index (κ3) is 3.05. The van der Waals surface area contributed by atoms with E-state index < -0.39 is 11.7 Å². The van der Waals surface area contributed by atoms with Gasteiger partial charge in [0.2, 0.25) is 0 Å². The van der Waals surface area contributed by atoms with Crippen LogP contribution < -0.4 is 5.32 Å². The van der Waals surface area contributed by atoms with Gasteiger partial charge in [0.15, 0.2) is 0 Å². The standard InChI is InChI=1S/C12H7BrClFN2O/c13-8-5-4-7(6-9(8)15)12(18)17-11-3-1-2-10(14)16-11/h1-6H,(H,16,17,18). The van der Waals surface area contributed by atoms with Gasteiger partial charge in [-0.3, -0.25) is 4.79 Å². The number of amides is 1. The maximum Gasteiger partial charge on any atom is 0.256 e. The van der Waals surface area contributed by atoms with Crippen molar-refractivity contribution in [1.82, 2.24) is 4.98 Å². The molecule has 2 aromatic rings. The van der Waals surface area contributed by atoms with E-state index in [1.807, 2.05) is 0 Å². The molecule has 1 amide bonds. The van der Waals surface area contributed by atoms with E-state index in [0.29, 0.717) is 10.3 Å². The van der Waals surface area contributed by atoms with Crippen molar-refractivity contribution in [2.24, 2.45) is 0 Å². The summed E-state index contributed by atoms with van der Waals surface area (Å²) in [7, 11) is 0. The number of halogens is 3. The Balaban J connectivity index is 2.19. The zero-order valence-corrected chi connectivity index (χ0v) is 11.3. The number of hydrogen-bond acceptors (Lipinski definition) is 2. The first-order valence-electron chi connectivity index (χ1n) is 4.95. The highest BCUT2D eigenvalue weighted by Gasteiger charge is 2.09. The van der Waals surface area contributed by atoms with E-state index in [9.17, 15) is 9.18 Å². The molecule has 3 nitrogen and oxygen atoms in total. The minimum atomic E-state index is -0.498. The van der Waals surface area contributed by atoms with Crippen LogP contribution in [0.1, 0.15) is 10.4 Å². The van der Waals surface area contributed by atoms with Crippen molar-refractivity contribution in [3.05, 3.63) is 57.4 Å². The van der Waals surface area contributed by atoms with E-state index in [-0.39, 0.29) is 10.7 Å².